The zero-order chi connectivity index (χ0) is 15.8. The average molecular weight is 315 g/mol. The van der Waals surface area contributed by atoms with Crippen LogP contribution in [0.5, 0.6) is 0 Å². The van der Waals surface area contributed by atoms with Crippen LogP contribution in [0.4, 0.5) is 5.69 Å². The standard InChI is InChI=1S/C14H19ClN2O4/c1-10(2)6-8-21-9-7-16-14(18)11-4-3-5-12(15)13(11)17(19)20/h3-5,10H,6-9H2,1-2H3,(H,16,18). The van der Waals surface area contributed by atoms with E-state index in [9.17, 15) is 14.9 Å². The number of nitro benzene ring substituents is 1. The highest BCUT2D eigenvalue weighted by atomic mass is 35.5. The summed E-state index contributed by atoms with van der Waals surface area (Å²) in [5, 5.41) is 13.5. The Morgan fingerprint density at radius 2 is 2.14 bits per heavy atom. The molecule has 6 nitrogen and oxygen atoms in total. The fourth-order valence-corrected chi connectivity index (χ4v) is 1.88. The minimum Gasteiger partial charge on any atom is -0.380 e. The molecule has 0 aromatic heterocycles. The summed E-state index contributed by atoms with van der Waals surface area (Å²) in [7, 11) is 0. The van der Waals surface area contributed by atoms with Crippen molar-refractivity contribution in [2.24, 2.45) is 5.92 Å². The van der Waals surface area contributed by atoms with Crippen molar-refractivity contribution in [3.8, 4) is 0 Å². The van der Waals surface area contributed by atoms with Crippen LogP contribution in [0.3, 0.4) is 0 Å². The van der Waals surface area contributed by atoms with Gasteiger partial charge in [-0.25, -0.2) is 0 Å². The van der Waals surface area contributed by atoms with Crippen LogP contribution in [0.2, 0.25) is 5.02 Å². The fourth-order valence-electron chi connectivity index (χ4n) is 1.64. The second kappa shape index (κ2) is 8.59. The number of hydrogen-bond acceptors (Lipinski definition) is 4. The second-order valence-electron chi connectivity index (χ2n) is 4.94. The number of carbonyl (C=O) groups is 1. The molecule has 1 N–H and O–H groups in total. The lowest BCUT2D eigenvalue weighted by molar-refractivity contribution is -0.385. The molecular weight excluding hydrogens is 296 g/mol. The summed E-state index contributed by atoms with van der Waals surface area (Å²) >= 11 is 5.75. The number of halogens is 1. The van der Waals surface area contributed by atoms with Crippen molar-refractivity contribution in [3.63, 3.8) is 0 Å². The minimum atomic E-state index is -0.656. The molecule has 1 aromatic carbocycles. The predicted molar refractivity (Wildman–Crippen MR) is 80.7 cm³/mol. The Labute approximate surface area is 128 Å². The van der Waals surface area contributed by atoms with Crippen LogP contribution in [0, 0.1) is 16.0 Å². The van der Waals surface area contributed by atoms with E-state index < -0.39 is 10.8 Å². The summed E-state index contributed by atoms with van der Waals surface area (Å²) in [5.41, 5.74) is -0.424. The number of benzene rings is 1. The molecule has 1 aromatic rings. The number of rotatable bonds is 8. The van der Waals surface area contributed by atoms with Crippen LogP contribution in [0.1, 0.15) is 30.6 Å². The van der Waals surface area contributed by atoms with Crippen molar-refractivity contribution in [3.05, 3.63) is 38.9 Å². The number of nitrogens with one attached hydrogen (secondary N) is 1. The summed E-state index contributed by atoms with van der Waals surface area (Å²) < 4.78 is 5.36. The van der Waals surface area contributed by atoms with Crippen LogP contribution >= 0.6 is 11.6 Å². The second-order valence-corrected chi connectivity index (χ2v) is 5.35. The van der Waals surface area contributed by atoms with E-state index >= 15 is 0 Å². The molecule has 0 atom stereocenters. The molecule has 0 aliphatic heterocycles. The smallest absolute Gasteiger partial charge is 0.300 e. The Bertz CT molecular complexity index is 506. The SMILES string of the molecule is CC(C)CCOCCNC(=O)c1cccc(Cl)c1[N+](=O)[O-]. The molecule has 0 saturated carbocycles. The lowest BCUT2D eigenvalue weighted by atomic mass is 10.1. The average Bonchev–Trinajstić information content (AvgIpc) is 2.41. The fraction of sp³-hybridized carbons (Fsp3) is 0.500. The van der Waals surface area contributed by atoms with Crippen LogP contribution < -0.4 is 5.32 Å². The van der Waals surface area contributed by atoms with Crippen molar-refractivity contribution in [2.75, 3.05) is 19.8 Å². The number of carbonyl (C=O) groups excluding carboxylic acids is 1. The van der Waals surface area contributed by atoms with Crippen LogP contribution in [0.25, 0.3) is 0 Å². The van der Waals surface area contributed by atoms with Gasteiger partial charge in [-0.15, -0.1) is 0 Å². The normalized spacial score (nSPS) is 10.7. The van der Waals surface area contributed by atoms with Gasteiger partial charge in [0, 0.05) is 13.2 Å². The van der Waals surface area contributed by atoms with Gasteiger partial charge in [0.05, 0.1) is 11.5 Å². The molecule has 0 fully saturated rings. The lowest BCUT2D eigenvalue weighted by Crippen LogP contribution is -2.28. The monoisotopic (exact) mass is 314 g/mol. The first-order chi connectivity index (χ1) is 9.93. The first-order valence-electron chi connectivity index (χ1n) is 6.72. The van der Waals surface area contributed by atoms with Gasteiger partial charge < -0.3 is 10.1 Å². The first-order valence-corrected chi connectivity index (χ1v) is 7.10. The number of nitrogens with zero attached hydrogens (tertiary/aromatic N) is 1. The van der Waals surface area contributed by atoms with Crippen molar-refractivity contribution in [2.45, 2.75) is 20.3 Å². The molecule has 1 amide bonds. The van der Waals surface area contributed by atoms with Gasteiger partial charge in [0.2, 0.25) is 0 Å². The Hall–Kier alpha value is -1.66. The van der Waals surface area contributed by atoms with E-state index in [1.54, 1.807) is 0 Å². The summed E-state index contributed by atoms with van der Waals surface area (Å²) in [5.74, 6) is 0.0327. The molecule has 116 valence electrons. The van der Waals surface area contributed by atoms with E-state index in [0.717, 1.165) is 6.42 Å². The third kappa shape index (κ3) is 5.69. The summed E-state index contributed by atoms with van der Waals surface area (Å²) in [4.78, 5) is 22.2. The highest BCUT2D eigenvalue weighted by molar-refractivity contribution is 6.33. The zero-order valence-corrected chi connectivity index (χ0v) is 12.9. The van der Waals surface area contributed by atoms with Crippen molar-refractivity contribution < 1.29 is 14.5 Å². The number of ether oxygens (including phenoxy) is 1. The van der Waals surface area contributed by atoms with Crippen LogP contribution in [-0.2, 0) is 4.74 Å². The van der Waals surface area contributed by atoms with Crippen LogP contribution in [-0.4, -0.2) is 30.6 Å². The number of para-hydroxylation sites is 1. The van der Waals surface area contributed by atoms with E-state index in [2.05, 4.69) is 19.2 Å². The minimum absolute atomic E-state index is 0.0466. The highest BCUT2D eigenvalue weighted by Crippen LogP contribution is 2.27. The Morgan fingerprint density at radius 1 is 1.43 bits per heavy atom. The van der Waals surface area contributed by atoms with Crippen LogP contribution in [0.15, 0.2) is 18.2 Å². The van der Waals surface area contributed by atoms with Gasteiger partial charge in [-0.05, 0) is 24.5 Å². The number of hydrogen-bond donors (Lipinski definition) is 1. The van der Waals surface area contributed by atoms with Gasteiger partial charge in [-0.1, -0.05) is 31.5 Å². The maximum atomic E-state index is 11.9. The molecule has 0 heterocycles. The third-order valence-corrected chi connectivity index (χ3v) is 3.09. The van der Waals surface area contributed by atoms with E-state index in [1.807, 2.05) is 0 Å². The quantitative estimate of drug-likeness (QED) is 0.454. The molecule has 1 rings (SSSR count). The third-order valence-electron chi connectivity index (χ3n) is 2.79. The molecule has 0 unspecified atom stereocenters. The van der Waals surface area contributed by atoms with Crippen molar-refractivity contribution in [1.29, 1.82) is 0 Å². The molecule has 0 saturated heterocycles. The van der Waals surface area contributed by atoms with Crippen molar-refractivity contribution >= 4 is 23.2 Å². The maximum Gasteiger partial charge on any atom is 0.300 e. The largest absolute Gasteiger partial charge is 0.380 e. The van der Waals surface area contributed by atoms with Gasteiger partial charge in [-0.3, -0.25) is 14.9 Å². The topological polar surface area (TPSA) is 81.5 Å². The van der Waals surface area contributed by atoms with Gasteiger partial charge in [0.25, 0.3) is 5.91 Å². The Morgan fingerprint density at radius 3 is 2.76 bits per heavy atom. The summed E-state index contributed by atoms with van der Waals surface area (Å²) in [6.07, 6.45) is 0.952. The van der Waals surface area contributed by atoms with E-state index in [-0.39, 0.29) is 16.3 Å². The number of amides is 1. The molecule has 7 heteroatoms. The zero-order valence-electron chi connectivity index (χ0n) is 12.1. The molecule has 0 radical (unpaired) electrons. The maximum absolute atomic E-state index is 11.9. The molecule has 0 bridgehead atoms. The highest BCUT2D eigenvalue weighted by Gasteiger charge is 2.23. The van der Waals surface area contributed by atoms with Crippen molar-refractivity contribution in [1.82, 2.24) is 5.32 Å². The van der Waals surface area contributed by atoms with Gasteiger partial charge in [0.1, 0.15) is 10.6 Å². The molecule has 0 spiro atoms. The molecule has 0 aliphatic rings. The summed E-state index contributed by atoms with van der Waals surface area (Å²) in [6, 6.07) is 4.26. The number of nitro groups is 1. The molecule has 21 heavy (non-hydrogen) atoms. The van der Waals surface area contributed by atoms with E-state index in [0.29, 0.717) is 25.7 Å². The first kappa shape index (κ1) is 17.4. The predicted octanol–water partition coefficient (Wildman–Crippen LogP) is 3.04. The van der Waals surface area contributed by atoms with Gasteiger partial charge >= 0.3 is 5.69 Å². The molecular formula is C14H19ClN2O4. The Kier molecular flexibility index (Phi) is 7.11. The van der Waals surface area contributed by atoms with Gasteiger partial charge in [-0.2, -0.15) is 0 Å². The molecule has 0 aliphatic carbocycles. The van der Waals surface area contributed by atoms with E-state index in [1.165, 1.54) is 18.2 Å². The summed E-state index contributed by atoms with van der Waals surface area (Å²) in [6.45, 7) is 5.49. The Balaban J connectivity index is 2.50. The van der Waals surface area contributed by atoms with Gasteiger partial charge in [0.15, 0.2) is 0 Å². The van der Waals surface area contributed by atoms with E-state index in [4.69, 9.17) is 16.3 Å². The lowest BCUT2D eigenvalue weighted by Gasteiger charge is -2.08.